The SMILES string of the molecule is NC(CC(=O)O)(CC(=O)O)C(N)(CC(=O)O)CC(=O)O.[Ca+2].[Ca+2].[H-].[H-].[H-].[H-]. The second-order valence-electron chi connectivity index (χ2n) is 4.59. The molecule has 0 aromatic carbocycles. The van der Waals surface area contributed by atoms with Crippen LogP contribution >= 0.6 is 0 Å². The molecule has 122 valence electrons. The van der Waals surface area contributed by atoms with Gasteiger partial charge in [0.2, 0.25) is 0 Å². The number of carboxylic acid groups (broad SMARTS) is 4. The maximum atomic E-state index is 10.8. The van der Waals surface area contributed by atoms with Gasteiger partial charge in [0.15, 0.2) is 0 Å². The number of rotatable bonds is 9. The summed E-state index contributed by atoms with van der Waals surface area (Å²) in [5.41, 5.74) is 6.88. The second-order valence-corrected chi connectivity index (χ2v) is 4.59. The molecule has 0 saturated heterocycles. The Bertz CT molecular complexity index is 387. The van der Waals surface area contributed by atoms with Crippen LogP contribution in [0.25, 0.3) is 0 Å². The van der Waals surface area contributed by atoms with E-state index in [0.29, 0.717) is 0 Å². The quantitative estimate of drug-likeness (QED) is 0.244. The first kappa shape index (κ1) is 27.2. The van der Waals surface area contributed by atoms with Crippen molar-refractivity contribution in [2.24, 2.45) is 11.5 Å². The van der Waals surface area contributed by atoms with Crippen molar-refractivity contribution >= 4 is 99.4 Å². The molecular formula is C10H20Ca2N2O8. The number of aliphatic carboxylic acids is 4. The summed E-state index contributed by atoms with van der Waals surface area (Å²) in [6, 6.07) is 0. The summed E-state index contributed by atoms with van der Waals surface area (Å²) in [5, 5.41) is 35.1. The minimum atomic E-state index is -2.22. The second kappa shape index (κ2) is 11.0. The van der Waals surface area contributed by atoms with Crippen molar-refractivity contribution in [2.45, 2.75) is 36.8 Å². The number of carbonyl (C=O) groups is 4. The van der Waals surface area contributed by atoms with Crippen molar-refractivity contribution in [3.8, 4) is 0 Å². The Kier molecular flexibility index (Phi) is 13.6. The third kappa shape index (κ3) is 8.82. The Morgan fingerprint density at radius 2 is 0.773 bits per heavy atom. The smallest absolute Gasteiger partial charge is 1.00 e. The van der Waals surface area contributed by atoms with Gasteiger partial charge in [-0.05, 0) is 0 Å². The van der Waals surface area contributed by atoms with Crippen molar-refractivity contribution in [3.05, 3.63) is 0 Å². The maximum Gasteiger partial charge on any atom is 2.00 e. The van der Waals surface area contributed by atoms with E-state index in [1.165, 1.54) is 0 Å². The molecule has 10 nitrogen and oxygen atoms in total. The van der Waals surface area contributed by atoms with Crippen LogP contribution in [0, 0.1) is 0 Å². The molecule has 0 saturated carbocycles. The number of hydrogen-bond donors (Lipinski definition) is 6. The number of carboxylic acids is 4. The van der Waals surface area contributed by atoms with Crippen LogP contribution in [0.1, 0.15) is 31.4 Å². The van der Waals surface area contributed by atoms with E-state index in [0.717, 1.165) is 0 Å². The Hall–Kier alpha value is 0.319. The third-order valence-corrected chi connectivity index (χ3v) is 2.86. The molecule has 0 aromatic rings. The zero-order valence-corrected chi connectivity index (χ0v) is 16.2. The van der Waals surface area contributed by atoms with Gasteiger partial charge >= 0.3 is 99.4 Å². The standard InChI is InChI=1S/C10H16N2O8.2Ca.4H/c11-9(1-5(13)14,2-6(15)16)10(12,3-7(17)18)4-8(19)20;;;;;;/h1-4,11-12H2,(H,13,14)(H,15,16)(H,17,18)(H,19,20);;;;;;/q;2*+2;4*-1. The van der Waals surface area contributed by atoms with E-state index in [4.69, 9.17) is 31.9 Å². The molecule has 0 amide bonds. The Morgan fingerprint density at radius 1 is 0.636 bits per heavy atom. The topological polar surface area (TPSA) is 201 Å². The minimum absolute atomic E-state index is 0. The minimum Gasteiger partial charge on any atom is -1.00 e. The Labute approximate surface area is 191 Å². The van der Waals surface area contributed by atoms with Crippen molar-refractivity contribution < 1.29 is 45.3 Å². The molecule has 0 spiro atoms. The molecule has 0 fully saturated rings. The molecule has 22 heavy (non-hydrogen) atoms. The van der Waals surface area contributed by atoms with Gasteiger partial charge in [-0.3, -0.25) is 19.2 Å². The summed E-state index contributed by atoms with van der Waals surface area (Å²) >= 11 is 0. The van der Waals surface area contributed by atoms with Gasteiger partial charge in [-0.15, -0.1) is 0 Å². The predicted octanol–water partition coefficient (Wildman–Crippen LogP) is -2.03. The molecule has 0 aromatic heterocycles. The molecule has 0 radical (unpaired) electrons. The first-order valence-corrected chi connectivity index (χ1v) is 5.37. The zero-order valence-electron chi connectivity index (χ0n) is 15.8. The van der Waals surface area contributed by atoms with E-state index in [1.807, 2.05) is 0 Å². The van der Waals surface area contributed by atoms with E-state index in [9.17, 15) is 19.2 Å². The van der Waals surface area contributed by atoms with Crippen LogP contribution in [0.5, 0.6) is 0 Å². The van der Waals surface area contributed by atoms with Gasteiger partial charge in [-0.2, -0.15) is 0 Å². The van der Waals surface area contributed by atoms with Crippen LogP contribution in [-0.4, -0.2) is 131 Å². The van der Waals surface area contributed by atoms with Crippen molar-refractivity contribution in [2.75, 3.05) is 0 Å². The maximum absolute atomic E-state index is 10.8. The first-order chi connectivity index (χ1) is 8.92. The van der Waals surface area contributed by atoms with Crippen LogP contribution in [0.15, 0.2) is 0 Å². The van der Waals surface area contributed by atoms with Crippen LogP contribution in [-0.2, 0) is 19.2 Å². The monoisotopic (exact) mass is 376 g/mol. The molecular weight excluding hydrogens is 356 g/mol. The molecule has 0 rings (SSSR count). The molecule has 0 aliphatic carbocycles. The summed E-state index contributed by atoms with van der Waals surface area (Å²) in [6.45, 7) is 0. The summed E-state index contributed by atoms with van der Waals surface area (Å²) in [4.78, 5) is 43.2. The largest absolute Gasteiger partial charge is 2.00 e. The van der Waals surface area contributed by atoms with Gasteiger partial charge in [0, 0.05) is 0 Å². The molecule has 12 heteroatoms. The van der Waals surface area contributed by atoms with Crippen molar-refractivity contribution in [1.29, 1.82) is 0 Å². The van der Waals surface area contributed by atoms with Gasteiger partial charge in [0.1, 0.15) is 0 Å². The van der Waals surface area contributed by atoms with E-state index in [1.54, 1.807) is 0 Å². The summed E-state index contributed by atoms with van der Waals surface area (Å²) < 4.78 is 0. The number of hydrogen-bond acceptors (Lipinski definition) is 6. The van der Waals surface area contributed by atoms with E-state index >= 15 is 0 Å². The normalized spacial score (nSPS) is 10.8. The van der Waals surface area contributed by atoms with E-state index in [-0.39, 0.29) is 81.2 Å². The summed E-state index contributed by atoms with van der Waals surface area (Å²) in [7, 11) is 0. The van der Waals surface area contributed by atoms with Crippen LogP contribution < -0.4 is 11.5 Å². The van der Waals surface area contributed by atoms with Crippen molar-refractivity contribution in [3.63, 3.8) is 0 Å². The molecule has 0 aliphatic heterocycles. The van der Waals surface area contributed by atoms with Gasteiger partial charge < -0.3 is 37.6 Å². The first-order valence-electron chi connectivity index (χ1n) is 5.37. The van der Waals surface area contributed by atoms with Crippen LogP contribution in [0.4, 0.5) is 0 Å². The van der Waals surface area contributed by atoms with Crippen molar-refractivity contribution in [1.82, 2.24) is 0 Å². The molecule has 0 heterocycles. The average molecular weight is 376 g/mol. The molecule has 0 aliphatic rings. The predicted molar refractivity (Wildman–Crippen MR) is 78.8 cm³/mol. The third-order valence-electron chi connectivity index (χ3n) is 2.86. The molecule has 0 unspecified atom stereocenters. The fraction of sp³-hybridized carbons (Fsp3) is 0.600. The summed E-state index contributed by atoms with van der Waals surface area (Å²) in [5.74, 6) is -6.06. The zero-order chi connectivity index (χ0) is 16.1. The van der Waals surface area contributed by atoms with Crippen LogP contribution in [0.2, 0.25) is 0 Å². The molecule has 8 N–H and O–H groups in total. The van der Waals surface area contributed by atoms with E-state index < -0.39 is 60.6 Å². The molecule has 0 atom stereocenters. The Morgan fingerprint density at radius 3 is 0.864 bits per heavy atom. The van der Waals surface area contributed by atoms with Gasteiger partial charge in [-0.25, -0.2) is 0 Å². The number of nitrogens with two attached hydrogens (primary N) is 2. The Balaban J connectivity index is -0.000000120. The van der Waals surface area contributed by atoms with E-state index in [2.05, 4.69) is 0 Å². The molecule has 0 bridgehead atoms. The fourth-order valence-corrected chi connectivity index (χ4v) is 1.91. The van der Waals surface area contributed by atoms with Gasteiger partial charge in [0.25, 0.3) is 0 Å². The van der Waals surface area contributed by atoms with Gasteiger partial charge in [0.05, 0.1) is 36.8 Å². The van der Waals surface area contributed by atoms with Gasteiger partial charge in [-0.1, -0.05) is 0 Å². The average Bonchev–Trinajstić information content (AvgIpc) is 2.10. The van der Waals surface area contributed by atoms with Crippen LogP contribution in [0.3, 0.4) is 0 Å². The summed E-state index contributed by atoms with van der Waals surface area (Å²) in [6.07, 6.45) is -3.90. The fourth-order valence-electron chi connectivity index (χ4n) is 1.91.